The highest BCUT2D eigenvalue weighted by Gasteiger charge is 2.18. The number of hydrogen-bond acceptors (Lipinski definition) is 2. The van der Waals surface area contributed by atoms with Gasteiger partial charge >= 0.3 is 6.03 Å². The minimum absolute atomic E-state index is 0.0263. The molecule has 4 nitrogen and oxygen atoms in total. The van der Waals surface area contributed by atoms with Gasteiger partial charge in [-0.05, 0) is 6.92 Å². The first kappa shape index (κ1) is 8.33. The van der Waals surface area contributed by atoms with Crippen LogP contribution in [0.25, 0.3) is 0 Å². The van der Waals surface area contributed by atoms with Crippen molar-refractivity contribution in [2.24, 2.45) is 0 Å². The Balaban J connectivity index is 2.39. The van der Waals surface area contributed by atoms with Crippen LogP contribution in [0.2, 0.25) is 0 Å². The van der Waals surface area contributed by atoms with E-state index in [9.17, 15) is 4.79 Å². The van der Waals surface area contributed by atoms with Crippen LogP contribution in [-0.2, 0) is 0 Å². The molecule has 0 radical (unpaired) electrons. The summed E-state index contributed by atoms with van der Waals surface area (Å²) in [6.07, 6.45) is 0. The van der Waals surface area contributed by atoms with Crippen LogP contribution in [0.5, 0.6) is 0 Å². The van der Waals surface area contributed by atoms with Crippen molar-refractivity contribution in [1.82, 2.24) is 15.5 Å². The maximum atomic E-state index is 11.1. The molecule has 0 spiro atoms. The van der Waals surface area contributed by atoms with Gasteiger partial charge in [0, 0.05) is 32.7 Å². The maximum absolute atomic E-state index is 11.1. The van der Waals surface area contributed by atoms with Gasteiger partial charge in [0.1, 0.15) is 0 Å². The van der Waals surface area contributed by atoms with Gasteiger partial charge in [0.05, 0.1) is 0 Å². The van der Waals surface area contributed by atoms with Crippen molar-refractivity contribution in [3.8, 4) is 0 Å². The molecule has 4 heteroatoms. The normalized spacial score (nSPS) is 24.9. The molecule has 2 N–H and O–H groups in total. The summed E-state index contributed by atoms with van der Waals surface area (Å²) in [5, 5.41) is 5.88. The standard InChI is InChI=1S/C7H15N3O/c1-6-5-10(4-3-9-6)7(11)8-2/h6,9H,3-5H2,1-2H3,(H,8,11)/t6-/m0/s1. The van der Waals surface area contributed by atoms with Gasteiger partial charge in [-0.25, -0.2) is 4.79 Å². The summed E-state index contributed by atoms with van der Waals surface area (Å²) in [6.45, 7) is 4.59. The van der Waals surface area contributed by atoms with E-state index in [1.54, 1.807) is 7.05 Å². The molecule has 1 aliphatic heterocycles. The highest BCUT2D eigenvalue weighted by molar-refractivity contribution is 5.73. The first-order chi connectivity index (χ1) is 5.24. The SMILES string of the molecule is CNC(=O)N1CCN[C@@H](C)C1. The summed E-state index contributed by atoms with van der Waals surface area (Å²) in [7, 11) is 1.66. The van der Waals surface area contributed by atoms with E-state index in [1.807, 2.05) is 4.90 Å². The number of piperazine rings is 1. The molecule has 0 saturated carbocycles. The predicted molar refractivity (Wildman–Crippen MR) is 43.5 cm³/mol. The van der Waals surface area contributed by atoms with E-state index in [-0.39, 0.29) is 6.03 Å². The Bertz CT molecular complexity index is 149. The molecule has 1 rings (SSSR count). The zero-order valence-corrected chi connectivity index (χ0v) is 7.05. The highest BCUT2D eigenvalue weighted by Crippen LogP contribution is 1.97. The third-order valence-electron chi connectivity index (χ3n) is 1.87. The molecule has 0 bridgehead atoms. The summed E-state index contributed by atoms with van der Waals surface area (Å²) < 4.78 is 0. The van der Waals surface area contributed by atoms with Crippen LogP contribution >= 0.6 is 0 Å². The fraction of sp³-hybridized carbons (Fsp3) is 0.857. The van der Waals surface area contributed by atoms with E-state index in [4.69, 9.17) is 0 Å². The average molecular weight is 157 g/mol. The van der Waals surface area contributed by atoms with Gasteiger partial charge in [0.25, 0.3) is 0 Å². The predicted octanol–water partition coefficient (Wildman–Crippen LogP) is -0.380. The summed E-state index contributed by atoms with van der Waals surface area (Å²) in [5.41, 5.74) is 0. The van der Waals surface area contributed by atoms with E-state index in [2.05, 4.69) is 17.6 Å². The number of amides is 2. The van der Waals surface area contributed by atoms with E-state index in [1.165, 1.54) is 0 Å². The Kier molecular flexibility index (Phi) is 2.70. The average Bonchev–Trinajstić information content (AvgIpc) is 2.03. The Morgan fingerprint density at radius 2 is 2.45 bits per heavy atom. The monoisotopic (exact) mass is 157 g/mol. The third kappa shape index (κ3) is 2.08. The molecule has 0 aromatic rings. The van der Waals surface area contributed by atoms with Crippen molar-refractivity contribution >= 4 is 6.03 Å². The summed E-state index contributed by atoms with van der Waals surface area (Å²) in [6, 6.07) is 0.444. The summed E-state index contributed by atoms with van der Waals surface area (Å²) in [4.78, 5) is 12.9. The highest BCUT2D eigenvalue weighted by atomic mass is 16.2. The molecular formula is C7H15N3O. The number of hydrogen-bond donors (Lipinski definition) is 2. The second-order valence-corrected chi connectivity index (χ2v) is 2.86. The molecule has 11 heavy (non-hydrogen) atoms. The first-order valence-corrected chi connectivity index (χ1v) is 3.94. The molecule has 0 unspecified atom stereocenters. The zero-order valence-electron chi connectivity index (χ0n) is 7.05. The van der Waals surface area contributed by atoms with Crippen molar-refractivity contribution in [2.75, 3.05) is 26.7 Å². The molecule has 64 valence electrons. The van der Waals surface area contributed by atoms with Gasteiger partial charge in [-0.3, -0.25) is 0 Å². The Labute approximate surface area is 66.9 Å². The Morgan fingerprint density at radius 1 is 1.73 bits per heavy atom. The molecule has 0 aliphatic carbocycles. The van der Waals surface area contributed by atoms with Gasteiger partial charge in [-0.15, -0.1) is 0 Å². The van der Waals surface area contributed by atoms with Crippen LogP contribution in [0.1, 0.15) is 6.92 Å². The van der Waals surface area contributed by atoms with Crippen molar-refractivity contribution in [3.63, 3.8) is 0 Å². The molecule has 0 aromatic carbocycles. The van der Waals surface area contributed by atoms with Gasteiger partial charge in [0.15, 0.2) is 0 Å². The van der Waals surface area contributed by atoms with Gasteiger partial charge in [0.2, 0.25) is 0 Å². The minimum Gasteiger partial charge on any atom is -0.341 e. The molecule has 1 atom stereocenters. The van der Waals surface area contributed by atoms with Crippen LogP contribution in [0, 0.1) is 0 Å². The number of urea groups is 1. The van der Waals surface area contributed by atoms with E-state index in [0.717, 1.165) is 19.6 Å². The van der Waals surface area contributed by atoms with Crippen molar-refractivity contribution in [3.05, 3.63) is 0 Å². The van der Waals surface area contributed by atoms with E-state index < -0.39 is 0 Å². The fourth-order valence-corrected chi connectivity index (χ4v) is 1.27. The topological polar surface area (TPSA) is 44.4 Å². The van der Waals surface area contributed by atoms with Crippen LogP contribution in [-0.4, -0.2) is 43.7 Å². The molecule has 1 saturated heterocycles. The minimum atomic E-state index is 0.0263. The fourth-order valence-electron chi connectivity index (χ4n) is 1.27. The number of rotatable bonds is 0. The first-order valence-electron chi connectivity index (χ1n) is 3.94. The second kappa shape index (κ2) is 3.57. The quantitative estimate of drug-likeness (QED) is 0.503. The van der Waals surface area contributed by atoms with Crippen LogP contribution in [0.15, 0.2) is 0 Å². The second-order valence-electron chi connectivity index (χ2n) is 2.86. The molecular weight excluding hydrogens is 142 g/mol. The van der Waals surface area contributed by atoms with Crippen molar-refractivity contribution in [2.45, 2.75) is 13.0 Å². The number of carbonyl (C=O) groups is 1. The van der Waals surface area contributed by atoms with E-state index in [0.29, 0.717) is 6.04 Å². The lowest BCUT2D eigenvalue weighted by atomic mass is 10.2. The lowest BCUT2D eigenvalue weighted by molar-refractivity contribution is 0.181. The molecule has 0 aromatic heterocycles. The number of nitrogens with zero attached hydrogens (tertiary/aromatic N) is 1. The van der Waals surface area contributed by atoms with Gasteiger partial charge < -0.3 is 15.5 Å². The Morgan fingerprint density at radius 3 is 3.00 bits per heavy atom. The third-order valence-corrected chi connectivity index (χ3v) is 1.87. The van der Waals surface area contributed by atoms with E-state index >= 15 is 0 Å². The molecule has 1 aliphatic rings. The largest absolute Gasteiger partial charge is 0.341 e. The van der Waals surface area contributed by atoms with Crippen molar-refractivity contribution < 1.29 is 4.79 Å². The van der Waals surface area contributed by atoms with Gasteiger partial charge in [-0.2, -0.15) is 0 Å². The lowest BCUT2D eigenvalue weighted by Crippen LogP contribution is -2.53. The summed E-state index contributed by atoms with van der Waals surface area (Å²) >= 11 is 0. The van der Waals surface area contributed by atoms with Gasteiger partial charge in [-0.1, -0.05) is 0 Å². The number of carbonyl (C=O) groups excluding carboxylic acids is 1. The number of nitrogens with one attached hydrogen (secondary N) is 2. The van der Waals surface area contributed by atoms with Crippen LogP contribution in [0.4, 0.5) is 4.79 Å². The molecule has 1 heterocycles. The zero-order chi connectivity index (χ0) is 8.27. The molecule has 1 fully saturated rings. The maximum Gasteiger partial charge on any atom is 0.317 e. The lowest BCUT2D eigenvalue weighted by Gasteiger charge is -2.31. The van der Waals surface area contributed by atoms with Crippen molar-refractivity contribution in [1.29, 1.82) is 0 Å². The Hall–Kier alpha value is -0.770. The molecule has 2 amide bonds. The summed E-state index contributed by atoms with van der Waals surface area (Å²) in [5.74, 6) is 0. The smallest absolute Gasteiger partial charge is 0.317 e. The van der Waals surface area contributed by atoms with Crippen LogP contribution in [0.3, 0.4) is 0 Å². The van der Waals surface area contributed by atoms with Crippen LogP contribution < -0.4 is 10.6 Å².